The van der Waals surface area contributed by atoms with Gasteiger partial charge < -0.3 is 9.72 Å². The Bertz CT molecular complexity index is 805. The van der Waals surface area contributed by atoms with Gasteiger partial charge in [-0.1, -0.05) is 17.7 Å². The minimum absolute atomic E-state index is 0.787. The Hall–Kier alpha value is -2.00. The third kappa shape index (κ3) is 2.49. The third-order valence-electron chi connectivity index (χ3n) is 3.67. The molecule has 2 aromatic heterocycles. The van der Waals surface area contributed by atoms with Crippen LogP contribution in [0.1, 0.15) is 18.2 Å². The Morgan fingerprint density at radius 2 is 2.00 bits per heavy atom. The lowest BCUT2D eigenvalue weighted by molar-refractivity contribution is 1.10. The lowest BCUT2D eigenvalue weighted by Crippen LogP contribution is -1.98. The maximum Gasteiger partial charge on any atom is 0.137 e. The van der Waals surface area contributed by atoms with Crippen molar-refractivity contribution in [2.75, 3.05) is 11.9 Å². The molecular formula is C17H18ClN3. The molecule has 0 atom stereocenters. The number of nitrogens with one attached hydrogen (secondary N) is 1. The zero-order chi connectivity index (χ0) is 15.0. The lowest BCUT2D eigenvalue weighted by atomic mass is 10.1. The van der Waals surface area contributed by atoms with Crippen LogP contribution in [0.15, 0.2) is 36.5 Å². The van der Waals surface area contributed by atoms with Crippen molar-refractivity contribution in [2.24, 2.45) is 0 Å². The van der Waals surface area contributed by atoms with Crippen molar-refractivity contribution in [2.45, 2.75) is 20.8 Å². The highest BCUT2D eigenvalue weighted by molar-refractivity contribution is 6.31. The molecule has 3 rings (SSSR count). The molecule has 3 nitrogen and oxygen atoms in total. The summed E-state index contributed by atoms with van der Waals surface area (Å²) in [6.45, 7) is 7.10. The van der Waals surface area contributed by atoms with Crippen molar-refractivity contribution in [1.82, 2.24) is 9.38 Å². The highest BCUT2D eigenvalue weighted by atomic mass is 35.5. The summed E-state index contributed by atoms with van der Waals surface area (Å²) < 4.78 is 2.12. The number of aromatic nitrogens is 2. The molecule has 0 unspecified atom stereocenters. The molecule has 0 amide bonds. The fourth-order valence-corrected chi connectivity index (χ4v) is 2.65. The Labute approximate surface area is 129 Å². The van der Waals surface area contributed by atoms with Crippen molar-refractivity contribution < 1.29 is 0 Å². The maximum absolute atomic E-state index is 6.11. The molecule has 4 heteroatoms. The lowest BCUT2D eigenvalue weighted by Gasteiger charge is -2.05. The van der Waals surface area contributed by atoms with Gasteiger partial charge in [-0.05, 0) is 50.6 Å². The van der Waals surface area contributed by atoms with Crippen LogP contribution in [0.5, 0.6) is 0 Å². The number of benzene rings is 1. The van der Waals surface area contributed by atoms with Gasteiger partial charge in [0.05, 0.1) is 11.4 Å². The summed E-state index contributed by atoms with van der Waals surface area (Å²) in [6, 6.07) is 10.1. The molecule has 2 heterocycles. The van der Waals surface area contributed by atoms with Gasteiger partial charge in [-0.2, -0.15) is 0 Å². The Morgan fingerprint density at radius 1 is 1.19 bits per heavy atom. The van der Waals surface area contributed by atoms with Gasteiger partial charge in [0, 0.05) is 29.0 Å². The fourth-order valence-electron chi connectivity index (χ4n) is 2.54. The van der Waals surface area contributed by atoms with Gasteiger partial charge in [-0.25, -0.2) is 4.98 Å². The second-order valence-corrected chi connectivity index (χ2v) is 5.59. The number of anilines is 1. The van der Waals surface area contributed by atoms with Crippen LogP contribution >= 0.6 is 11.6 Å². The number of hydrogen-bond acceptors (Lipinski definition) is 2. The quantitative estimate of drug-likeness (QED) is 0.759. The molecule has 0 aliphatic carbocycles. The first-order valence-electron chi connectivity index (χ1n) is 7.09. The summed E-state index contributed by atoms with van der Waals surface area (Å²) >= 11 is 6.11. The van der Waals surface area contributed by atoms with Crippen LogP contribution in [-0.2, 0) is 0 Å². The number of imidazole rings is 1. The molecule has 0 radical (unpaired) electrons. The third-order valence-corrected chi connectivity index (χ3v) is 4.09. The molecule has 3 aromatic rings. The van der Waals surface area contributed by atoms with Crippen molar-refractivity contribution in [3.05, 3.63) is 52.8 Å². The number of rotatable bonds is 3. The summed E-state index contributed by atoms with van der Waals surface area (Å²) in [7, 11) is 0. The van der Waals surface area contributed by atoms with E-state index >= 15 is 0 Å². The predicted octanol–water partition coefficient (Wildman–Crippen LogP) is 4.70. The molecule has 21 heavy (non-hydrogen) atoms. The van der Waals surface area contributed by atoms with E-state index in [2.05, 4.69) is 41.9 Å². The molecule has 1 aromatic carbocycles. The Kier molecular flexibility index (Phi) is 3.60. The summed E-state index contributed by atoms with van der Waals surface area (Å²) in [5, 5.41) is 4.11. The monoisotopic (exact) mass is 299 g/mol. The highest BCUT2D eigenvalue weighted by Crippen LogP contribution is 2.28. The number of nitrogens with zero attached hydrogens (tertiary/aromatic N) is 2. The number of pyridine rings is 1. The van der Waals surface area contributed by atoms with Crippen molar-refractivity contribution in [3.63, 3.8) is 0 Å². The fraction of sp³-hybridized carbons (Fsp3) is 0.235. The van der Waals surface area contributed by atoms with Crippen LogP contribution < -0.4 is 5.32 Å². The van der Waals surface area contributed by atoms with E-state index in [9.17, 15) is 0 Å². The van der Waals surface area contributed by atoms with E-state index in [-0.39, 0.29) is 0 Å². The van der Waals surface area contributed by atoms with Gasteiger partial charge in [-0.15, -0.1) is 0 Å². The highest BCUT2D eigenvalue weighted by Gasteiger charge is 2.11. The first kappa shape index (κ1) is 14.0. The summed E-state index contributed by atoms with van der Waals surface area (Å²) in [5.74, 6) is 0. The van der Waals surface area contributed by atoms with E-state index in [1.807, 2.05) is 25.1 Å². The van der Waals surface area contributed by atoms with Crippen LogP contribution in [-0.4, -0.2) is 15.9 Å². The summed E-state index contributed by atoms with van der Waals surface area (Å²) in [6.07, 6.45) is 2.09. The first-order valence-corrected chi connectivity index (χ1v) is 7.47. The smallest absolute Gasteiger partial charge is 0.137 e. The van der Waals surface area contributed by atoms with Gasteiger partial charge in [0.2, 0.25) is 0 Å². The average molecular weight is 300 g/mol. The van der Waals surface area contributed by atoms with E-state index in [0.29, 0.717) is 0 Å². The standard InChI is InChI=1S/C17H18ClN3/c1-4-19-14-6-8-16-20-17(12(3)21(16)10-14)13-5-7-15(18)11(2)9-13/h5-10,19H,4H2,1-3H3. The van der Waals surface area contributed by atoms with Crippen molar-refractivity contribution >= 4 is 22.9 Å². The van der Waals surface area contributed by atoms with Crippen LogP contribution in [0.3, 0.4) is 0 Å². The maximum atomic E-state index is 6.11. The van der Waals surface area contributed by atoms with Crippen LogP contribution in [0.2, 0.25) is 5.02 Å². The second-order valence-electron chi connectivity index (χ2n) is 5.19. The van der Waals surface area contributed by atoms with Gasteiger partial charge >= 0.3 is 0 Å². The largest absolute Gasteiger partial charge is 0.384 e. The summed E-state index contributed by atoms with van der Waals surface area (Å²) in [5.41, 5.74) is 6.36. The van der Waals surface area contributed by atoms with E-state index in [0.717, 1.165) is 45.4 Å². The van der Waals surface area contributed by atoms with Gasteiger partial charge in [0.1, 0.15) is 5.65 Å². The molecule has 0 saturated carbocycles. The van der Waals surface area contributed by atoms with E-state index in [4.69, 9.17) is 16.6 Å². The minimum Gasteiger partial charge on any atom is -0.384 e. The van der Waals surface area contributed by atoms with E-state index in [1.165, 1.54) is 0 Å². The first-order chi connectivity index (χ1) is 10.1. The van der Waals surface area contributed by atoms with Crippen molar-refractivity contribution in [3.8, 4) is 11.3 Å². The van der Waals surface area contributed by atoms with Gasteiger partial charge in [-0.3, -0.25) is 0 Å². The molecule has 108 valence electrons. The number of fused-ring (bicyclic) bond motifs is 1. The van der Waals surface area contributed by atoms with Gasteiger partial charge in [0.15, 0.2) is 0 Å². The number of aryl methyl sites for hydroxylation is 2. The van der Waals surface area contributed by atoms with Crippen molar-refractivity contribution in [1.29, 1.82) is 0 Å². The molecular weight excluding hydrogens is 282 g/mol. The predicted molar refractivity (Wildman–Crippen MR) is 89.3 cm³/mol. The molecule has 0 fully saturated rings. The van der Waals surface area contributed by atoms with E-state index in [1.54, 1.807) is 0 Å². The van der Waals surface area contributed by atoms with Gasteiger partial charge in [0.25, 0.3) is 0 Å². The summed E-state index contributed by atoms with van der Waals surface area (Å²) in [4.78, 5) is 4.75. The zero-order valence-electron chi connectivity index (χ0n) is 12.4. The molecule has 0 aliphatic rings. The molecule has 0 aliphatic heterocycles. The van der Waals surface area contributed by atoms with Crippen LogP contribution in [0.4, 0.5) is 5.69 Å². The number of halogens is 1. The van der Waals surface area contributed by atoms with Crippen LogP contribution in [0, 0.1) is 13.8 Å². The molecule has 0 saturated heterocycles. The molecule has 1 N–H and O–H groups in total. The SMILES string of the molecule is CCNc1ccc2nc(-c3ccc(Cl)c(C)c3)c(C)n2c1. The Balaban J connectivity index is 2.14. The molecule has 0 spiro atoms. The van der Waals surface area contributed by atoms with Crippen LogP contribution in [0.25, 0.3) is 16.9 Å². The molecule has 0 bridgehead atoms. The normalized spacial score (nSPS) is 11.0. The zero-order valence-corrected chi connectivity index (χ0v) is 13.2. The average Bonchev–Trinajstić information content (AvgIpc) is 2.80. The van der Waals surface area contributed by atoms with E-state index < -0.39 is 0 Å². The number of hydrogen-bond donors (Lipinski definition) is 1. The Morgan fingerprint density at radius 3 is 2.71 bits per heavy atom. The topological polar surface area (TPSA) is 29.3 Å². The second kappa shape index (κ2) is 5.41. The minimum atomic E-state index is 0.787.